The summed E-state index contributed by atoms with van der Waals surface area (Å²) in [5, 5.41) is 4.85. The number of hydrogen-bond acceptors (Lipinski definition) is 3. The van der Waals surface area contributed by atoms with Gasteiger partial charge in [-0.25, -0.2) is 0 Å². The van der Waals surface area contributed by atoms with E-state index in [1.165, 1.54) is 0 Å². The highest BCUT2D eigenvalue weighted by Gasteiger charge is 2.47. The van der Waals surface area contributed by atoms with Crippen molar-refractivity contribution in [1.82, 2.24) is 10.6 Å². The van der Waals surface area contributed by atoms with Crippen molar-refractivity contribution in [1.29, 1.82) is 0 Å². The molecule has 0 spiro atoms. The Kier molecular flexibility index (Phi) is 2.48. The van der Waals surface area contributed by atoms with Crippen LogP contribution in [0.4, 0.5) is 0 Å². The van der Waals surface area contributed by atoms with Crippen LogP contribution in [0.2, 0.25) is 0 Å². The number of hydrogen-bond donors (Lipinski definition) is 2. The molecule has 0 aliphatic carbocycles. The van der Waals surface area contributed by atoms with Gasteiger partial charge in [-0.2, -0.15) is 0 Å². The number of carbonyl (C=O) groups is 2. The Bertz CT molecular complexity index is 245. The molecule has 70 valence electrons. The van der Waals surface area contributed by atoms with Gasteiger partial charge in [0.1, 0.15) is 6.61 Å². The first kappa shape index (κ1) is 9.47. The fraction of sp³-hybridized carbons (Fsp3) is 0.250. The van der Waals surface area contributed by atoms with Gasteiger partial charge in [-0.3, -0.25) is 9.59 Å². The molecule has 1 aliphatic rings. The molecule has 1 saturated heterocycles. The second kappa shape index (κ2) is 3.40. The molecule has 2 amide bonds. The van der Waals surface area contributed by atoms with Gasteiger partial charge >= 0.3 is 0 Å². The Morgan fingerprint density at radius 1 is 1.23 bits per heavy atom. The van der Waals surface area contributed by atoms with Crippen LogP contribution in [0.1, 0.15) is 0 Å². The first-order valence-corrected chi connectivity index (χ1v) is 3.65. The second-order valence-corrected chi connectivity index (χ2v) is 2.50. The number of carbonyl (C=O) groups excluding carboxylic acids is 2. The van der Waals surface area contributed by atoms with E-state index in [1.54, 1.807) is 0 Å². The summed E-state index contributed by atoms with van der Waals surface area (Å²) in [6.07, 6.45) is 2.20. The first-order chi connectivity index (χ1) is 6.12. The third-order valence-corrected chi connectivity index (χ3v) is 1.45. The number of ether oxygens (including phenoxy) is 1. The molecule has 5 heteroatoms. The van der Waals surface area contributed by atoms with Crippen LogP contribution >= 0.6 is 0 Å². The third-order valence-electron chi connectivity index (χ3n) is 1.45. The standard InChI is InChI=1S/C8H10N2O3/c1-3-6(11)9-8(5-13-8)10-7(12)4-2/h3-4H,1-2,5H2,(H,9,11)(H,10,12). The van der Waals surface area contributed by atoms with E-state index in [0.29, 0.717) is 0 Å². The molecular formula is C8H10N2O3. The van der Waals surface area contributed by atoms with Crippen LogP contribution in [-0.2, 0) is 14.3 Å². The minimum absolute atomic E-state index is 0.256. The normalized spacial score (nSPS) is 16.9. The first-order valence-electron chi connectivity index (χ1n) is 3.65. The minimum Gasteiger partial charge on any atom is -0.329 e. The lowest BCUT2D eigenvalue weighted by atomic mass is 10.4. The average Bonchev–Trinajstić information content (AvgIpc) is 2.84. The Labute approximate surface area is 75.4 Å². The van der Waals surface area contributed by atoms with Gasteiger partial charge in [-0.1, -0.05) is 13.2 Å². The fourth-order valence-corrected chi connectivity index (χ4v) is 0.748. The summed E-state index contributed by atoms with van der Waals surface area (Å²) in [5.74, 6) is -1.85. The highest BCUT2D eigenvalue weighted by atomic mass is 16.6. The van der Waals surface area contributed by atoms with E-state index in [1.807, 2.05) is 0 Å². The van der Waals surface area contributed by atoms with Crippen LogP contribution < -0.4 is 10.6 Å². The van der Waals surface area contributed by atoms with Crippen molar-refractivity contribution in [3.8, 4) is 0 Å². The van der Waals surface area contributed by atoms with E-state index < -0.39 is 17.7 Å². The van der Waals surface area contributed by atoms with Crippen molar-refractivity contribution in [3.05, 3.63) is 25.3 Å². The molecule has 0 aromatic rings. The van der Waals surface area contributed by atoms with Crippen molar-refractivity contribution in [2.75, 3.05) is 6.61 Å². The lowest BCUT2D eigenvalue weighted by molar-refractivity contribution is -0.121. The molecule has 1 fully saturated rings. The van der Waals surface area contributed by atoms with Crippen molar-refractivity contribution in [2.24, 2.45) is 0 Å². The largest absolute Gasteiger partial charge is 0.329 e. The van der Waals surface area contributed by atoms with Gasteiger partial charge in [-0.15, -0.1) is 0 Å². The zero-order valence-electron chi connectivity index (χ0n) is 7.00. The van der Waals surface area contributed by atoms with Crippen LogP contribution in [0.3, 0.4) is 0 Å². The molecule has 0 aromatic heterocycles. The summed E-state index contributed by atoms with van der Waals surface area (Å²) >= 11 is 0. The monoisotopic (exact) mass is 182 g/mol. The van der Waals surface area contributed by atoms with Gasteiger partial charge in [0.2, 0.25) is 17.7 Å². The zero-order valence-corrected chi connectivity index (χ0v) is 7.00. The molecule has 2 N–H and O–H groups in total. The molecule has 0 aromatic carbocycles. The van der Waals surface area contributed by atoms with E-state index in [9.17, 15) is 9.59 Å². The molecule has 1 rings (SSSR count). The molecular weight excluding hydrogens is 172 g/mol. The van der Waals surface area contributed by atoms with E-state index in [-0.39, 0.29) is 6.61 Å². The quantitative estimate of drug-likeness (QED) is 0.342. The Morgan fingerprint density at radius 3 is 1.85 bits per heavy atom. The van der Waals surface area contributed by atoms with E-state index in [2.05, 4.69) is 23.8 Å². The molecule has 0 atom stereocenters. The van der Waals surface area contributed by atoms with Gasteiger partial charge in [0.05, 0.1) is 0 Å². The van der Waals surface area contributed by atoms with E-state index in [4.69, 9.17) is 4.74 Å². The van der Waals surface area contributed by atoms with Gasteiger partial charge in [0.25, 0.3) is 0 Å². The van der Waals surface area contributed by atoms with Crippen LogP contribution in [0.15, 0.2) is 25.3 Å². The van der Waals surface area contributed by atoms with E-state index in [0.717, 1.165) is 12.2 Å². The molecule has 0 radical (unpaired) electrons. The second-order valence-electron chi connectivity index (χ2n) is 2.50. The maximum absolute atomic E-state index is 10.9. The topological polar surface area (TPSA) is 70.7 Å². The molecule has 5 nitrogen and oxygen atoms in total. The predicted octanol–water partition coefficient (Wildman–Crippen LogP) is -0.725. The summed E-state index contributed by atoms with van der Waals surface area (Å²) in [5.41, 5.74) is 0. The van der Waals surface area contributed by atoms with Crippen molar-refractivity contribution in [2.45, 2.75) is 5.85 Å². The molecule has 13 heavy (non-hydrogen) atoms. The van der Waals surface area contributed by atoms with Crippen LogP contribution in [0.25, 0.3) is 0 Å². The summed E-state index contributed by atoms with van der Waals surface area (Å²) in [7, 11) is 0. The fourth-order valence-electron chi connectivity index (χ4n) is 0.748. The zero-order chi connectivity index (χ0) is 9.90. The summed E-state index contributed by atoms with van der Waals surface area (Å²) < 4.78 is 4.88. The average molecular weight is 182 g/mol. The number of rotatable bonds is 4. The number of amides is 2. The minimum atomic E-state index is -1.05. The predicted molar refractivity (Wildman–Crippen MR) is 45.4 cm³/mol. The third kappa shape index (κ3) is 2.41. The van der Waals surface area contributed by atoms with Crippen molar-refractivity contribution >= 4 is 11.8 Å². The van der Waals surface area contributed by atoms with Crippen molar-refractivity contribution in [3.63, 3.8) is 0 Å². The SMILES string of the molecule is C=CC(=O)NC1(NC(=O)C=C)CO1. The molecule has 0 unspecified atom stereocenters. The number of nitrogens with one attached hydrogen (secondary N) is 2. The van der Waals surface area contributed by atoms with Crippen LogP contribution in [0.5, 0.6) is 0 Å². The summed E-state index contributed by atoms with van der Waals surface area (Å²) in [6.45, 7) is 6.80. The van der Waals surface area contributed by atoms with Gasteiger partial charge in [-0.05, 0) is 12.2 Å². The van der Waals surface area contributed by atoms with Gasteiger partial charge < -0.3 is 15.4 Å². The smallest absolute Gasteiger partial charge is 0.247 e. The van der Waals surface area contributed by atoms with Gasteiger partial charge in [0.15, 0.2) is 0 Å². The molecule has 0 saturated carbocycles. The van der Waals surface area contributed by atoms with Gasteiger partial charge in [0, 0.05) is 0 Å². The molecule has 1 heterocycles. The van der Waals surface area contributed by atoms with Crippen LogP contribution in [0, 0.1) is 0 Å². The molecule has 0 bridgehead atoms. The lowest BCUT2D eigenvalue weighted by Gasteiger charge is -2.12. The molecule has 1 aliphatic heterocycles. The van der Waals surface area contributed by atoms with Crippen molar-refractivity contribution < 1.29 is 14.3 Å². The number of epoxide rings is 1. The Balaban J connectivity index is 2.47. The maximum atomic E-state index is 10.9. The Hall–Kier alpha value is -1.62. The Morgan fingerprint density at radius 2 is 1.62 bits per heavy atom. The highest BCUT2D eigenvalue weighted by molar-refractivity contribution is 5.90. The summed E-state index contributed by atoms with van der Waals surface area (Å²) in [4.78, 5) is 21.7. The van der Waals surface area contributed by atoms with Crippen LogP contribution in [-0.4, -0.2) is 24.3 Å². The van der Waals surface area contributed by atoms with E-state index >= 15 is 0 Å². The maximum Gasteiger partial charge on any atom is 0.247 e. The lowest BCUT2D eigenvalue weighted by Crippen LogP contribution is -2.50. The summed E-state index contributed by atoms with van der Waals surface area (Å²) in [6, 6.07) is 0. The highest BCUT2D eigenvalue weighted by Crippen LogP contribution is 2.19.